The molecule has 0 amide bonds. The van der Waals surface area contributed by atoms with Crippen LogP contribution in [0.4, 0.5) is 0 Å². The third kappa shape index (κ3) is 4.47. The van der Waals surface area contributed by atoms with Gasteiger partial charge in [0.05, 0.1) is 13.2 Å². The molecule has 0 aromatic carbocycles. The lowest BCUT2D eigenvalue weighted by atomic mass is 10.1. The third-order valence-electron chi connectivity index (χ3n) is 1.23. The van der Waals surface area contributed by atoms with Crippen molar-refractivity contribution in [1.29, 1.82) is 0 Å². The van der Waals surface area contributed by atoms with Crippen molar-refractivity contribution in [3.05, 3.63) is 0 Å². The summed E-state index contributed by atoms with van der Waals surface area (Å²) < 4.78 is 0. The molecule has 0 aliphatic carbocycles. The Morgan fingerprint density at radius 1 is 1.60 bits per heavy atom. The zero-order valence-electron chi connectivity index (χ0n) is 6.55. The molecule has 0 atom stereocenters. The number of hydrogen-bond acceptors (Lipinski definition) is 3. The van der Waals surface area contributed by atoms with Crippen molar-refractivity contribution >= 4 is 5.78 Å². The van der Waals surface area contributed by atoms with Crippen LogP contribution in [0.15, 0.2) is 0 Å². The average molecular weight is 145 g/mol. The highest BCUT2D eigenvalue weighted by atomic mass is 16.3. The number of Topliss-reactive ketones (excluding diaryl/α,β-unsaturated/α-hetero) is 1. The van der Waals surface area contributed by atoms with Crippen molar-refractivity contribution in [2.75, 3.05) is 19.7 Å². The Bertz CT molecular complexity index is 102. The standard InChI is InChI=1S/C7H15NO2/c1-6(2)7(10)5-8-3-4-9/h6,8-9H,3-5H2,1-2H3. The van der Waals surface area contributed by atoms with Crippen molar-refractivity contribution in [2.24, 2.45) is 5.92 Å². The van der Waals surface area contributed by atoms with E-state index < -0.39 is 0 Å². The second-order valence-corrected chi connectivity index (χ2v) is 2.52. The zero-order valence-corrected chi connectivity index (χ0v) is 6.55. The first-order valence-electron chi connectivity index (χ1n) is 3.52. The van der Waals surface area contributed by atoms with E-state index >= 15 is 0 Å². The summed E-state index contributed by atoms with van der Waals surface area (Å²) in [6.45, 7) is 4.69. The second-order valence-electron chi connectivity index (χ2n) is 2.52. The number of carbonyl (C=O) groups excluding carboxylic acids is 1. The first kappa shape index (κ1) is 9.59. The lowest BCUT2D eigenvalue weighted by Crippen LogP contribution is -2.28. The molecule has 0 unspecified atom stereocenters. The Kier molecular flexibility index (Phi) is 5.16. The van der Waals surface area contributed by atoms with E-state index in [1.54, 1.807) is 0 Å². The Labute approximate surface area is 61.4 Å². The first-order chi connectivity index (χ1) is 4.68. The van der Waals surface area contributed by atoms with Gasteiger partial charge in [-0.15, -0.1) is 0 Å². The summed E-state index contributed by atoms with van der Waals surface area (Å²) in [7, 11) is 0. The van der Waals surface area contributed by atoms with Gasteiger partial charge in [-0.25, -0.2) is 0 Å². The number of aliphatic hydroxyl groups is 1. The van der Waals surface area contributed by atoms with Crippen LogP contribution < -0.4 is 5.32 Å². The normalized spacial score (nSPS) is 10.4. The molecule has 3 heteroatoms. The van der Waals surface area contributed by atoms with Gasteiger partial charge in [-0.1, -0.05) is 13.8 Å². The smallest absolute Gasteiger partial charge is 0.149 e. The fraction of sp³-hybridized carbons (Fsp3) is 0.857. The summed E-state index contributed by atoms with van der Waals surface area (Å²) >= 11 is 0. The summed E-state index contributed by atoms with van der Waals surface area (Å²) in [5, 5.41) is 11.2. The topological polar surface area (TPSA) is 49.3 Å². The van der Waals surface area contributed by atoms with Crippen molar-refractivity contribution < 1.29 is 9.90 Å². The number of aliphatic hydroxyl groups excluding tert-OH is 1. The van der Waals surface area contributed by atoms with Crippen LogP contribution in [0.1, 0.15) is 13.8 Å². The van der Waals surface area contributed by atoms with E-state index in [9.17, 15) is 4.79 Å². The highest BCUT2D eigenvalue weighted by Gasteiger charge is 2.04. The van der Waals surface area contributed by atoms with Gasteiger partial charge in [0.2, 0.25) is 0 Å². The molecule has 2 N–H and O–H groups in total. The summed E-state index contributed by atoms with van der Waals surface area (Å²) in [6, 6.07) is 0. The van der Waals surface area contributed by atoms with Gasteiger partial charge in [0, 0.05) is 12.5 Å². The lowest BCUT2D eigenvalue weighted by molar-refractivity contribution is -0.121. The van der Waals surface area contributed by atoms with E-state index in [2.05, 4.69) is 5.32 Å². The summed E-state index contributed by atoms with van der Waals surface area (Å²) in [5.74, 6) is 0.277. The molecule has 0 bridgehead atoms. The Hall–Kier alpha value is -0.410. The van der Waals surface area contributed by atoms with Gasteiger partial charge >= 0.3 is 0 Å². The number of nitrogens with one attached hydrogen (secondary N) is 1. The predicted octanol–water partition coefficient (Wildman–Crippen LogP) is -0.207. The minimum atomic E-state index is 0.0887. The van der Waals surface area contributed by atoms with Crippen molar-refractivity contribution in [2.45, 2.75) is 13.8 Å². The number of rotatable bonds is 5. The number of ketones is 1. The molecule has 0 aromatic heterocycles. The van der Waals surface area contributed by atoms with Gasteiger partial charge in [-0.3, -0.25) is 4.79 Å². The molecule has 0 fully saturated rings. The summed E-state index contributed by atoms with van der Waals surface area (Å²) in [5.41, 5.74) is 0. The molecule has 0 radical (unpaired) electrons. The van der Waals surface area contributed by atoms with E-state index in [0.717, 1.165) is 0 Å². The Morgan fingerprint density at radius 2 is 2.20 bits per heavy atom. The fourth-order valence-corrected chi connectivity index (χ4v) is 0.495. The average Bonchev–Trinajstić information content (AvgIpc) is 1.88. The largest absolute Gasteiger partial charge is 0.395 e. The quantitative estimate of drug-likeness (QED) is 0.526. The third-order valence-corrected chi connectivity index (χ3v) is 1.23. The molecule has 0 rings (SSSR count). The van der Waals surface area contributed by atoms with Gasteiger partial charge in [0.15, 0.2) is 0 Å². The van der Waals surface area contributed by atoms with Crippen LogP contribution in [0.2, 0.25) is 0 Å². The van der Waals surface area contributed by atoms with Crippen LogP contribution in [0.25, 0.3) is 0 Å². The van der Waals surface area contributed by atoms with E-state index in [-0.39, 0.29) is 18.3 Å². The fourth-order valence-electron chi connectivity index (χ4n) is 0.495. The van der Waals surface area contributed by atoms with Crippen LogP contribution in [0.3, 0.4) is 0 Å². The van der Waals surface area contributed by atoms with Crippen LogP contribution in [0, 0.1) is 5.92 Å². The number of hydrogen-bond donors (Lipinski definition) is 2. The number of carbonyl (C=O) groups is 1. The molecule has 0 saturated heterocycles. The van der Waals surface area contributed by atoms with Crippen molar-refractivity contribution in [3.63, 3.8) is 0 Å². The minimum Gasteiger partial charge on any atom is -0.395 e. The van der Waals surface area contributed by atoms with Gasteiger partial charge < -0.3 is 10.4 Å². The van der Waals surface area contributed by atoms with E-state index in [0.29, 0.717) is 13.1 Å². The summed E-state index contributed by atoms with van der Waals surface area (Å²) in [4.78, 5) is 10.9. The molecular formula is C7H15NO2. The van der Waals surface area contributed by atoms with Crippen molar-refractivity contribution in [1.82, 2.24) is 5.32 Å². The van der Waals surface area contributed by atoms with Crippen LogP contribution >= 0.6 is 0 Å². The predicted molar refractivity (Wildman–Crippen MR) is 39.8 cm³/mol. The second kappa shape index (κ2) is 5.38. The molecule has 0 aliphatic rings. The monoisotopic (exact) mass is 145 g/mol. The molecule has 0 heterocycles. The minimum absolute atomic E-state index is 0.0887. The molecule has 0 aromatic rings. The molecular weight excluding hydrogens is 130 g/mol. The summed E-state index contributed by atoms with van der Waals surface area (Å²) in [6.07, 6.45) is 0. The molecule has 0 spiro atoms. The van der Waals surface area contributed by atoms with Gasteiger partial charge in [-0.05, 0) is 0 Å². The van der Waals surface area contributed by atoms with E-state index in [1.165, 1.54) is 0 Å². The SMILES string of the molecule is CC(C)C(=O)CNCCO. The van der Waals surface area contributed by atoms with E-state index in [4.69, 9.17) is 5.11 Å². The molecule has 10 heavy (non-hydrogen) atoms. The maximum atomic E-state index is 10.9. The molecule has 0 saturated carbocycles. The Morgan fingerprint density at radius 3 is 2.60 bits per heavy atom. The zero-order chi connectivity index (χ0) is 7.98. The van der Waals surface area contributed by atoms with Gasteiger partial charge in [-0.2, -0.15) is 0 Å². The van der Waals surface area contributed by atoms with Crippen LogP contribution in [-0.4, -0.2) is 30.6 Å². The highest BCUT2D eigenvalue weighted by Crippen LogP contribution is 1.91. The lowest BCUT2D eigenvalue weighted by Gasteiger charge is -2.03. The van der Waals surface area contributed by atoms with Crippen LogP contribution in [0.5, 0.6) is 0 Å². The van der Waals surface area contributed by atoms with E-state index in [1.807, 2.05) is 13.8 Å². The van der Waals surface area contributed by atoms with Gasteiger partial charge in [0.25, 0.3) is 0 Å². The van der Waals surface area contributed by atoms with Gasteiger partial charge in [0.1, 0.15) is 5.78 Å². The Balaban J connectivity index is 3.22. The molecule has 0 aliphatic heterocycles. The van der Waals surface area contributed by atoms with Crippen LogP contribution in [-0.2, 0) is 4.79 Å². The van der Waals surface area contributed by atoms with Crippen molar-refractivity contribution in [3.8, 4) is 0 Å². The molecule has 3 nitrogen and oxygen atoms in total. The maximum Gasteiger partial charge on any atom is 0.149 e. The highest BCUT2D eigenvalue weighted by molar-refractivity contribution is 5.82. The maximum absolute atomic E-state index is 10.9. The first-order valence-corrected chi connectivity index (χ1v) is 3.52. The molecule has 60 valence electrons.